The van der Waals surface area contributed by atoms with E-state index < -0.39 is 0 Å². The Labute approximate surface area is 165 Å². The molecule has 1 aliphatic rings. The van der Waals surface area contributed by atoms with Crippen LogP contribution in [-0.2, 0) is 4.79 Å². The molecule has 4 rings (SSSR count). The molecule has 2 aromatic heterocycles. The van der Waals surface area contributed by atoms with E-state index in [1.54, 1.807) is 0 Å². The maximum Gasteiger partial charge on any atom is 0.231 e. The molecule has 1 amide bonds. The predicted octanol–water partition coefficient (Wildman–Crippen LogP) is 4.31. The largest absolute Gasteiger partial charge is 0.443 e. The van der Waals surface area contributed by atoms with Gasteiger partial charge in [-0.25, -0.2) is 4.98 Å². The van der Waals surface area contributed by atoms with Gasteiger partial charge < -0.3 is 14.6 Å². The molecule has 1 atom stereocenters. The Bertz CT molecular complexity index is 1040. The minimum absolute atomic E-state index is 0.0705. The molecule has 0 saturated carbocycles. The molecule has 6 heteroatoms. The molecule has 0 aliphatic carbocycles. The number of nitrogens with zero attached hydrogens (tertiary/aromatic N) is 3. The third-order valence-electron chi connectivity index (χ3n) is 5.62. The summed E-state index contributed by atoms with van der Waals surface area (Å²) < 4.78 is 5.82. The van der Waals surface area contributed by atoms with E-state index in [0.29, 0.717) is 18.1 Å². The first-order chi connectivity index (χ1) is 13.4. The van der Waals surface area contributed by atoms with Gasteiger partial charge in [0, 0.05) is 24.3 Å². The monoisotopic (exact) mass is 378 g/mol. The molecule has 3 aromatic rings. The SMILES string of the molecule is Cc1nc(N2CCCC(C(=O)Nc3ccccc3C)C2)c2c(C)c(C)oc2n1. The first kappa shape index (κ1) is 18.5. The van der Waals surface area contributed by atoms with Crippen LogP contribution in [0.3, 0.4) is 0 Å². The lowest BCUT2D eigenvalue weighted by Crippen LogP contribution is -2.41. The number of hydrogen-bond donors (Lipinski definition) is 1. The fraction of sp³-hybridized carbons (Fsp3) is 0.409. The molecule has 0 spiro atoms. The molecule has 1 N–H and O–H groups in total. The lowest BCUT2D eigenvalue weighted by atomic mass is 9.96. The first-order valence-corrected chi connectivity index (χ1v) is 9.80. The van der Waals surface area contributed by atoms with Crippen LogP contribution in [-0.4, -0.2) is 29.0 Å². The van der Waals surface area contributed by atoms with Gasteiger partial charge in [-0.15, -0.1) is 0 Å². The summed E-state index contributed by atoms with van der Waals surface area (Å²) in [6.07, 6.45) is 1.83. The Hall–Kier alpha value is -2.89. The van der Waals surface area contributed by atoms with Crippen LogP contribution in [0.5, 0.6) is 0 Å². The van der Waals surface area contributed by atoms with Gasteiger partial charge in [-0.3, -0.25) is 4.79 Å². The van der Waals surface area contributed by atoms with Crippen LogP contribution in [0.4, 0.5) is 11.5 Å². The van der Waals surface area contributed by atoms with Crippen molar-refractivity contribution in [1.82, 2.24) is 9.97 Å². The third-order valence-corrected chi connectivity index (χ3v) is 5.62. The van der Waals surface area contributed by atoms with Crippen molar-refractivity contribution in [2.24, 2.45) is 5.92 Å². The van der Waals surface area contributed by atoms with Crippen molar-refractivity contribution < 1.29 is 9.21 Å². The number of piperidine rings is 1. The average Bonchev–Trinajstić information content (AvgIpc) is 2.96. The Balaban J connectivity index is 1.60. The normalized spacial score (nSPS) is 17.1. The number of para-hydroxylation sites is 1. The smallest absolute Gasteiger partial charge is 0.231 e. The quantitative estimate of drug-likeness (QED) is 0.735. The standard InChI is InChI=1S/C22H26N4O2/c1-13-8-5-6-10-18(13)25-21(27)17-9-7-11-26(12-17)20-19-14(2)15(3)28-22(19)24-16(4)23-20/h5-6,8,10,17H,7,9,11-12H2,1-4H3,(H,25,27). The molecule has 6 nitrogen and oxygen atoms in total. The van der Waals surface area contributed by atoms with E-state index in [2.05, 4.69) is 15.2 Å². The van der Waals surface area contributed by atoms with Crippen molar-refractivity contribution in [2.45, 2.75) is 40.5 Å². The van der Waals surface area contributed by atoms with Gasteiger partial charge in [-0.1, -0.05) is 18.2 Å². The molecule has 146 valence electrons. The minimum Gasteiger partial charge on any atom is -0.443 e. The maximum atomic E-state index is 12.9. The van der Waals surface area contributed by atoms with E-state index in [0.717, 1.165) is 53.2 Å². The summed E-state index contributed by atoms with van der Waals surface area (Å²) in [6, 6.07) is 7.88. The average molecular weight is 378 g/mol. The Morgan fingerprint density at radius 1 is 1.18 bits per heavy atom. The van der Waals surface area contributed by atoms with E-state index in [1.807, 2.05) is 52.0 Å². The highest BCUT2D eigenvalue weighted by atomic mass is 16.3. The molecule has 0 bridgehead atoms. The van der Waals surface area contributed by atoms with Crippen molar-refractivity contribution in [2.75, 3.05) is 23.3 Å². The van der Waals surface area contributed by atoms with Crippen LogP contribution < -0.4 is 10.2 Å². The second kappa shape index (κ2) is 7.26. The zero-order chi connectivity index (χ0) is 19.8. The number of furan rings is 1. The molecule has 1 unspecified atom stereocenters. The zero-order valence-corrected chi connectivity index (χ0v) is 16.9. The van der Waals surface area contributed by atoms with Gasteiger partial charge in [0.2, 0.25) is 11.6 Å². The maximum absolute atomic E-state index is 12.9. The van der Waals surface area contributed by atoms with Gasteiger partial charge in [-0.2, -0.15) is 4.98 Å². The van der Waals surface area contributed by atoms with Gasteiger partial charge >= 0.3 is 0 Å². The van der Waals surface area contributed by atoms with Crippen molar-refractivity contribution in [1.29, 1.82) is 0 Å². The van der Waals surface area contributed by atoms with Crippen LogP contribution in [0.1, 0.15) is 35.6 Å². The van der Waals surface area contributed by atoms with Gasteiger partial charge in [-0.05, 0) is 52.2 Å². The molecule has 1 fully saturated rings. The van der Waals surface area contributed by atoms with Gasteiger partial charge in [0.1, 0.15) is 17.4 Å². The first-order valence-electron chi connectivity index (χ1n) is 9.80. The Morgan fingerprint density at radius 3 is 2.75 bits per heavy atom. The zero-order valence-electron chi connectivity index (χ0n) is 16.9. The summed E-state index contributed by atoms with van der Waals surface area (Å²) in [5.41, 5.74) is 3.65. The van der Waals surface area contributed by atoms with E-state index in [1.165, 1.54) is 0 Å². The number of aromatic nitrogens is 2. The molecule has 28 heavy (non-hydrogen) atoms. The lowest BCUT2D eigenvalue weighted by Gasteiger charge is -2.33. The summed E-state index contributed by atoms with van der Waals surface area (Å²) >= 11 is 0. The summed E-state index contributed by atoms with van der Waals surface area (Å²) in [6.45, 7) is 9.40. The molecule has 1 aromatic carbocycles. The van der Waals surface area contributed by atoms with Crippen LogP contribution >= 0.6 is 0 Å². The highest BCUT2D eigenvalue weighted by Crippen LogP contribution is 2.33. The van der Waals surface area contributed by atoms with Gasteiger partial charge in [0.25, 0.3) is 0 Å². The topological polar surface area (TPSA) is 71.3 Å². The fourth-order valence-corrected chi connectivity index (χ4v) is 3.89. The second-order valence-corrected chi connectivity index (χ2v) is 7.65. The molecule has 1 saturated heterocycles. The number of carbonyl (C=O) groups excluding carboxylic acids is 1. The van der Waals surface area contributed by atoms with E-state index >= 15 is 0 Å². The van der Waals surface area contributed by atoms with Crippen molar-refractivity contribution >= 4 is 28.5 Å². The molecule has 0 radical (unpaired) electrons. The lowest BCUT2D eigenvalue weighted by molar-refractivity contribution is -0.120. The minimum atomic E-state index is -0.0769. The molecular weight excluding hydrogens is 352 g/mol. The van der Waals surface area contributed by atoms with Crippen molar-refractivity contribution in [3.8, 4) is 0 Å². The van der Waals surface area contributed by atoms with Crippen LogP contribution in [0.25, 0.3) is 11.1 Å². The van der Waals surface area contributed by atoms with Crippen LogP contribution in [0.2, 0.25) is 0 Å². The number of amides is 1. The van der Waals surface area contributed by atoms with Crippen molar-refractivity contribution in [3.05, 3.63) is 47.0 Å². The molecule has 1 aliphatic heterocycles. The number of anilines is 2. The number of aryl methyl sites for hydroxylation is 4. The van der Waals surface area contributed by atoms with Crippen LogP contribution in [0, 0.1) is 33.6 Å². The number of fused-ring (bicyclic) bond motifs is 1. The Morgan fingerprint density at radius 2 is 1.96 bits per heavy atom. The van der Waals surface area contributed by atoms with Crippen molar-refractivity contribution in [3.63, 3.8) is 0 Å². The van der Waals surface area contributed by atoms with Gasteiger partial charge in [0.15, 0.2) is 0 Å². The Kier molecular flexibility index (Phi) is 4.79. The number of nitrogens with one attached hydrogen (secondary N) is 1. The van der Waals surface area contributed by atoms with E-state index in [9.17, 15) is 4.79 Å². The van der Waals surface area contributed by atoms with Gasteiger partial charge in [0.05, 0.1) is 11.3 Å². The van der Waals surface area contributed by atoms with E-state index in [4.69, 9.17) is 9.40 Å². The highest BCUT2D eigenvalue weighted by Gasteiger charge is 2.29. The van der Waals surface area contributed by atoms with E-state index in [-0.39, 0.29) is 11.8 Å². The molecular formula is C22H26N4O2. The summed E-state index contributed by atoms with van der Waals surface area (Å²) in [5.74, 6) is 2.42. The fourth-order valence-electron chi connectivity index (χ4n) is 3.89. The number of hydrogen-bond acceptors (Lipinski definition) is 5. The third kappa shape index (κ3) is 3.35. The molecule has 3 heterocycles. The van der Waals surface area contributed by atoms with Crippen LogP contribution in [0.15, 0.2) is 28.7 Å². The number of carbonyl (C=O) groups is 1. The summed E-state index contributed by atoms with van der Waals surface area (Å²) in [5, 5.41) is 4.06. The predicted molar refractivity (Wildman–Crippen MR) is 111 cm³/mol. The number of rotatable bonds is 3. The number of benzene rings is 1. The summed E-state index contributed by atoms with van der Waals surface area (Å²) in [4.78, 5) is 24.3. The summed E-state index contributed by atoms with van der Waals surface area (Å²) in [7, 11) is 0. The highest BCUT2D eigenvalue weighted by molar-refractivity contribution is 5.94. The second-order valence-electron chi connectivity index (χ2n) is 7.65.